The molecule has 1 aliphatic heterocycles. The first kappa shape index (κ1) is 24.5. The maximum Gasteiger partial charge on any atom is 0.251 e. The highest BCUT2D eigenvalue weighted by Gasteiger charge is 2.29. The van der Waals surface area contributed by atoms with Gasteiger partial charge in [0.05, 0.1) is 24.7 Å². The number of hydrogen-bond donors (Lipinski definition) is 2. The van der Waals surface area contributed by atoms with E-state index >= 15 is 0 Å². The Morgan fingerprint density at radius 2 is 1.76 bits per heavy atom. The summed E-state index contributed by atoms with van der Waals surface area (Å²) in [4.78, 5) is 24.0. The van der Waals surface area contributed by atoms with Crippen LogP contribution in [0.1, 0.15) is 29.8 Å². The smallest absolute Gasteiger partial charge is 0.251 e. The van der Waals surface area contributed by atoms with Crippen molar-refractivity contribution in [2.45, 2.75) is 25.2 Å². The molecule has 0 bridgehead atoms. The molecule has 3 rings (SSSR count). The van der Waals surface area contributed by atoms with Gasteiger partial charge in [-0.1, -0.05) is 6.07 Å². The van der Waals surface area contributed by atoms with Gasteiger partial charge in [-0.2, -0.15) is 4.31 Å². The van der Waals surface area contributed by atoms with Crippen LogP contribution in [0.25, 0.3) is 0 Å². The molecule has 0 aliphatic carbocycles. The Balaban J connectivity index is 1.58. The number of piperazine rings is 1. The number of amides is 2. The fourth-order valence-corrected chi connectivity index (χ4v) is 4.82. The second-order valence-electron chi connectivity index (χ2n) is 7.37. The Labute approximate surface area is 194 Å². The highest BCUT2D eigenvalue weighted by atomic mass is 32.2. The molecule has 0 aromatic heterocycles. The van der Waals surface area contributed by atoms with Crippen LogP contribution >= 0.6 is 0 Å². The maximum atomic E-state index is 12.7. The van der Waals surface area contributed by atoms with Gasteiger partial charge >= 0.3 is 0 Å². The van der Waals surface area contributed by atoms with Gasteiger partial charge in [0, 0.05) is 25.2 Å². The number of nitrogens with one attached hydrogen (secondary N) is 2. The predicted molar refractivity (Wildman–Crippen MR) is 123 cm³/mol. The molecule has 33 heavy (non-hydrogen) atoms. The SMILES string of the molecule is CCOc1ccc(CCNC(=O)c2ccc(S(=O)(=O)N3CCNC(=O)C3)cc2)cc1OCC. The molecule has 9 nitrogen and oxygen atoms in total. The van der Waals surface area contributed by atoms with Crippen LogP contribution in [0.3, 0.4) is 0 Å². The van der Waals surface area contributed by atoms with E-state index in [1.165, 1.54) is 24.3 Å². The first-order valence-corrected chi connectivity index (χ1v) is 12.3. The molecule has 2 N–H and O–H groups in total. The summed E-state index contributed by atoms with van der Waals surface area (Å²) in [6.45, 7) is 5.57. The molecule has 2 aromatic carbocycles. The average molecular weight is 476 g/mol. The van der Waals surface area contributed by atoms with E-state index in [2.05, 4.69) is 10.6 Å². The zero-order chi connectivity index (χ0) is 23.8. The van der Waals surface area contributed by atoms with E-state index in [9.17, 15) is 18.0 Å². The number of ether oxygens (including phenoxy) is 2. The van der Waals surface area contributed by atoms with Crippen LogP contribution in [0.2, 0.25) is 0 Å². The Hall–Kier alpha value is -3.11. The molecule has 1 heterocycles. The predicted octanol–water partition coefficient (Wildman–Crippen LogP) is 1.58. The van der Waals surface area contributed by atoms with Gasteiger partial charge in [-0.3, -0.25) is 9.59 Å². The minimum Gasteiger partial charge on any atom is -0.490 e. The van der Waals surface area contributed by atoms with E-state index in [-0.39, 0.29) is 36.3 Å². The van der Waals surface area contributed by atoms with Crippen LogP contribution in [0.4, 0.5) is 0 Å². The van der Waals surface area contributed by atoms with Crippen LogP contribution in [-0.4, -0.2) is 63.9 Å². The third-order valence-electron chi connectivity index (χ3n) is 5.06. The number of hydrogen-bond acceptors (Lipinski definition) is 6. The minimum absolute atomic E-state index is 0.0478. The van der Waals surface area contributed by atoms with E-state index in [4.69, 9.17) is 9.47 Å². The third-order valence-corrected chi connectivity index (χ3v) is 6.92. The Bertz CT molecular complexity index is 1090. The second-order valence-corrected chi connectivity index (χ2v) is 9.30. The van der Waals surface area contributed by atoms with Gasteiger partial charge in [-0.05, 0) is 62.2 Å². The minimum atomic E-state index is -3.79. The standard InChI is InChI=1S/C23H29N3O6S/c1-3-31-20-10-5-17(15-21(20)32-4-2)11-12-25-23(28)18-6-8-19(9-7-18)33(29,30)26-14-13-24-22(27)16-26/h5-10,15H,3-4,11-14,16H2,1-2H3,(H,24,27)(H,25,28). The highest BCUT2D eigenvalue weighted by molar-refractivity contribution is 7.89. The monoisotopic (exact) mass is 475 g/mol. The molecular weight excluding hydrogens is 446 g/mol. The van der Waals surface area contributed by atoms with Crippen molar-refractivity contribution in [1.29, 1.82) is 0 Å². The van der Waals surface area contributed by atoms with Crippen molar-refractivity contribution >= 4 is 21.8 Å². The average Bonchev–Trinajstić information content (AvgIpc) is 2.81. The summed E-state index contributed by atoms with van der Waals surface area (Å²) in [5.41, 5.74) is 1.35. The number of carbonyl (C=O) groups excluding carboxylic acids is 2. The highest BCUT2D eigenvalue weighted by Crippen LogP contribution is 2.28. The van der Waals surface area contributed by atoms with Crippen LogP contribution in [0, 0.1) is 0 Å². The van der Waals surface area contributed by atoms with Crippen molar-refractivity contribution in [3.05, 3.63) is 53.6 Å². The molecule has 1 saturated heterocycles. The number of rotatable bonds is 10. The molecular formula is C23H29N3O6S. The van der Waals surface area contributed by atoms with Gasteiger partial charge in [-0.25, -0.2) is 8.42 Å². The molecule has 0 saturated carbocycles. The van der Waals surface area contributed by atoms with E-state index in [1.807, 2.05) is 32.0 Å². The molecule has 2 aromatic rings. The van der Waals surface area contributed by atoms with Crippen molar-refractivity contribution in [1.82, 2.24) is 14.9 Å². The van der Waals surface area contributed by atoms with Gasteiger partial charge in [0.15, 0.2) is 11.5 Å². The molecule has 1 aliphatic rings. The van der Waals surface area contributed by atoms with Crippen molar-refractivity contribution < 1.29 is 27.5 Å². The van der Waals surface area contributed by atoms with Crippen molar-refractivity contribution in [3.63, 3.8) is 0 Å². The lowest BCUT2D eigenvalue weighted by molar-refractivity contribution is -0.122. The molecule has 1 fully saturated rings. The second kappa shape index (κ2) is 11.2. The summed E-state index contributed by atoms with van der Waals surface area (Å²) in [5, 5.41) is 5.44. The molecule has 2 amide bonds. The molecule has 10 heteroatoms. The molecule has 0 atom stereocenters. The lowest BCUT2D eigenvalue weighted by Crippen LogP contribution is -2.49. The summed E-state index contributed by atoms with van der Waals surface area (Å²) < 4.78 is 37.7. The normalized spacial score (nSPS) is 14.4. The largest absolute Gasteiger partial charge is 0.490 e. The van der Waals surface area contributed by atoms with Gasteiger partial charge in [0.1, 0.15) is 0 Å². The summed E-state index contributed by atoms with van der Waals surface area (Å²) in [5.74, 6) is 0.729. The van der Waals surface area contributed by atoms with E-state index in [0.29, 0.717) is 43.2 Å². The van der Waals surface area contributed by atoms with Gasteiger partial charge in [0.2, 0.25) is 15.9 Å². The summed E-state index contributed by atoms with van der Waals surface area (Å²) in [7, 11) is -3.79. The zero-order valence-corrected chi connectivity index (χ0v) is 19.6. The molecule has 0 spiro atoms. The number of nitrogens with zero attached hydrogens (tertiary/aromatic N) is 1. The lowest BCUT2D eigenvalue weighted by atomic mass is 10.1. The molecule has 178 valence electrons. The quantitative estimate of drug-likeness (QED) is 0.539. The topological polar surface area (TPSA) is 114 Å². The lowest BCUT2D eigenvalue weighted by Gasteiger charge is -2.25. The van der Waals surface area contributed by atoms with E-state index in [1.54, 1.807) is 0 Å². The van der Waals surface area contributed by atoms with Crippen LogP contribution in [0.15, 0.2) is 47.4 Å². The fourth-order valence-electron chi connectivity index (χ4n) is 3.42. The maximum absolute atomic E-state index is 12.7. The number of benzene rings is 2. The van der Waals surface area contributed by atoms with Gasteiger partial charge in [-0.15, -0.1) is 0 Å². The fraction of sp³-hybridized carbons (Fsp3) is 0.391. The van der Waals surface area contributed by atoms with Crippen molar-refractivity contribution in [3.8, 4) is 11.5 Å². The molecule has 0 radical (unpaired) electrons. The van der Waals surface area contributed by atoms with E-state index < -0.39 is 10.0 Å². The first-order valence-electron chi connectivity index (χ1n) is 10.9. The van der Waals surface area contributed by atoms with Gasteiger partial charge in [0.25, 0.3) is 5.91 Å². The Morgan fingerprint density at radius 3 is 2.42 bits per heavy atom. The number of carbonyl (C=O) groups is 2. The van der Waals surface area contributed by atoms with Gasteiger partial charge < -0.3 is 20.1 Å². The molecule has 0 unspecified atom stereocenters. The van der Waals surface area contributed by atoms with E-state index in [0.717, 1.165) is 9.87 Å². The van der Waals surface area contributed by atoms with Crippen LogP contribution in [-0.2, 0) is 21.2 Å². The number of sulfonamides is 1. The Morgan fingerprint density at radius 1 is 1.06 bits per heavy atom. The van der Waals surface area contributed by atoms with Crippen molar-refractivity contribution in [2.24, 2.45) is 0 Å². The summed E-state index contributed by atoms with van der Waals surface area (Å²) in [6.07, 6.45) is 0.599. The zero-order valence-electron chi connectivity index (χ0n) is 18.8. The summed E-state index contributed by atoms with van der Waals surface area (Å²) >= 11 is 0. The summed E-state index contributed by atoms with van der Waals surface area (Å²) in [6, 6.07) is 11.4. The third kappa shape index (κ3) is 6.23. The first-order chi connectivity index (χ1) is 15.8. The Kier molecular flexibility index (Phi) is 8.29. The van der Waals surface area contributed by atoms with Crippen LogP contribution in [0.5, 0.6) is 11.5 Å². The van der Waals surface area contributed by atoms with Crippen molar-refractivity contribution in [2.75, 3.05) is 39.4 Å². The van der Waals surface area contributed by atoms with Crippen LogP contribution < -0.4 is 20.1 Å².